The zero-order chi connectivity index (χ0) is 21.5. The van der Waals surface area contributed by atoms with Crippen molar-refractivity contribution >= 4 is 160 Å². The monoisotopic (exact) mass is 506 g/mol. The zero-order valence-corrected chi connectivity index (χ0v) is 21.8. The first kappa shape index (κ1) is 32.5. The summed E-state index contributed by atoms with van der Waals surface area (Å²) in [4.78, 5) is 68.0. The molecule has 0 N–H and O–H groups in total. The number of aromatic carboxylic acids is 6. The van der Waals surface area contributed by atoms with Crippen LogP contribution in [0.5, 0.6) is 0 Å². The minimum atomic E-state index is -2.36. The minimum Gasteiger partial charge on any atom is -0.545 e. The Morgan fingerprint density at radius 2 is 0.645 bits per heavy atom. The third-order valence-electron chi connectivity index (χ3n) is 3.69. The number of carbonyl (C=O) groups excluding carboxylic acids is 6. The molecule has 0 radical (unpaired) electrons. The summed E-state index contributed by atoms with van der Waals surface area (Å²) in [5, 5.41) is 65.4. The molecule has 0 unspecified atom stereocenters. The van der Waals surface area contributed by atoms with Crippen LogP contribution < -0.4 is 30.6 Å². The van der Waals surface area contributed by atoms with Gasteiger partial charge in [-0.3, -0.25) is 0 Å². The summed E-state index contributed by atoms with van der Waals surface area (Å²) in [6.45, 7) is 0. The molecule has 0 spiro atoms. The number of carboxylic acids is 6. The number of fused-ring (bicyclic) bond motifs is 1. The van der Waals surface area contributed by atoms with Crippen LogP contribution in [0.2, 0.25) is 0 Å². The summed E-state index contributed by atoms with van der Waals surface area (Å²) < 4.78 is 0. The normalized spacial score (nSPS) is 9.42. The van der Waals surface area contributed by atoms with Crippen LogP contribution in [0.3, 0.4) is 0 Å². The molecule has 0 aromatic heterocycles. The zero-order valence-electron chi connectivity index (χ0n) is 15.2. The van der Waals surface area contributed by atoms with Crippen molar-refractivity contribution in [3.8, 4) is 0 Å². The van der Waals surface area contributed by atoms with Gasteiger partial charge in [-0.1, -0.05) is 0 Å². The second-order valence-electron chi connectivity index (χ2n) is 5.17. The van der Waals surface area contributed by atoms with E-state index >= 15 is 0 Å². The van der Waals surface area contributed by atoms with Gasteiger partial charge in [0.15, 0.2) is 0 Å². The number of carbonyl (C=O) groups is 6. The molecule has 0 aliphatic rings. The smallest absolute Gasteiger partial charge is 0.545 e. The maximum atomic E-state index is 11.4. The van der Waals surface area contributed by atoms with Gasteiger partial charge in [0, 0.05) is 44.2 Å². The molecule has 2 aromatic rings. The molecule has 12 nitrogen and oxygen atoms in total. The maximum Gasteiger partial charge on any atom is 2.00 e. The van der Waals surface area contributed by atoms with Crippen LogP contribution in [0.1, 0.15) is 62.1 Å². The Bertz CT molecular complexity index is 1050. The average Bonchev–Trinajstić information content (AvgIpc) is 2.57. The van der Waals surface area contributed by atoms with Crippen LogP contribution in [-0.2, 0) is 0 Å². The molecular weight excluding hydrogens is 504 g/mol. The Kier molecular flexibility index (Phi) is 13.1. The molecule has 0 fully saturated rings. The van der Waals surface area contributed by atoms with E-state index in [0.29, 0.717) is 0 Å². The molecule has 144 valence electrons. The molecule has 0 aliphatic heterocycles. The van der Waals surface area contributed by atoms with Gasteiger partial charge < -0.3 is 59.4 Å². The van der Waals surface area contributed by atoms with Crippen molar-refractivity contribution in [1.82, 2.24) is 0 Å². The van der Waals surface area contributed by atoms with Crippen molar-refractivity contribution in [2.75, 3.05) is 0 Å². The molecular formula is C16H2Ca3O12. The van der Waals surface area contributed by atoms with Crippen LogP contribution >= 0.6 is 0 Å². The van der Waals surface area contributed by atoms with E-state index in [4.69, 9.17) is 0 Å². The average molecular weight is 506 g/mol. The second kappa shape index (κ2) is 12.5. The predicted molar refractivity (Wildman–Crippen MR) is 87.2 cm³/mol. The van der Waals surface area contributed by atoms with E-state index in [0.717, 1.165) is 0 Å². The summed E-state index contributed by atoms with van der Waals surface area (Å²) in [5.74, 6) is -13.9. The summed E-state index contributed by atoms with van der Waals surface area (Å²) in [7, 11) is 0. The van der Waals surface area contributed by atoms with Gasteiger partial charge in [0.2, 0.25) is 0 Å². The van der Waals surface area contributed by atoms with E-state index in [1.807, 2.05) is 0 Å². The van der Waals surface area contributed by atoms with E-state index in [2.05, 4.69) is 0 Å². The van der Waals surface area contributed by atoms with Crippen LogP contribution in [0.25, 0.3) is 10.8 Å². The molecule has 0 heterocycles. The largest absolute Gasteiger partial charge is 2.00 e. The van der Waals surface area contributed by atoms with E-state index in [-0.39, 0.29) is 125 Å². The fraction of sp³-hybridized carbons (Fsp3) is 0. The van der Waals surface area contributed by atoms with Crippen LogP contribution in [-0.4, -0.2) is 149 Å². The molecule has 0 amide bonds. The standard InChI is InChI=1S/C16H8O12.3Ca/c17-11(18)3-1-5(13(21)22)9(15(25)26)8-4(12(19)20)2-6(14(23)24)10(7(3)8)16(27)28;;;/h1-2H,(H,17,18)(H,19,20)(H,21,22)(H,23,24)(H,25,26)(H,27,28);;;/q;3*+2/p-6. The molecule has 2 rings (SSSR count). The first-order chi connectivity index (χ1) is 12.9. The first-order valence-electron chi connectivity index (χ1n) is 6.85. The van der Waals surface area contributed by atoms with E-state index in [1.54, 1.807) is 0 Å². The molecule has 31 heavy (non-hydrogen) atoms. The van der Waals surface area contributed by atoms with Crippen LogP contribution in [0.4, 0.5) is 0 Å². The number of carboxylic acid groups (broad SMARTS) is 6. The third kappa shape index (κ3) is 6.21. The quantitative estimate of drug-likeness (QED) is 0.332. The van der Waals surface area contributed by atoms with Gasteiger partial charge in [0.1, 0.15) is 0 Å². The Morgan fingerprint density at radius 3 is 0.806 bits per heavy atom. The molecule has 0 aliphatic carbocycles. The van der Waals surface area contributed by atoms with Crippen molar-refractivity contribution in [3.63, 3.8) is 0 Å². The van der Waals surface area contributed by atoms with Gasteiger partial charge in [-0.15, -0.1) is 0 Å². The fourth-order valence-electron chi connectivity index (χ4n) is 2.70. The molecule has 0 atom stereocenters. The summed E-state index contributed by atoms with van der Waals surface area (Å²) in [5.41, 5.74) is -8.45. The van der Waals surface area contributed by atoms with Crippen molar-refractivity contribution < 1.29 is 59.4 Å². The van der Waals surface area contributed by atoms with E-state index < -0.39 is 80.0 Å². The van der Waals surface area contributed by atoms with Crippen molar-refractivity contribution in [2.45, 2.75) is 0 Å². The Hall–Kier alpha value is -0.701. The second-order valence-corrected chi connectivity index (χ2v) is 5.17. The number of hydrogen-bond acceptors (Lipinski definition) is 12. The van der Waals surface area contributed by atoms with E-state index in [1.165, 1.54) is 0 Å². The molecule has 2 aromatic carbocycles. The van der Waals surface area contributed by atoms with Gasteiger partial charge in [0.05, 0.1) is 35.8 Å². The van der Waals surface area contributed by atoms with Gasteiger partial charge in [-0.05, 0) is 12.1 Å². The minimum absolute atomic E-state index is 0. The van der Waals surface area contributed by atoms with Crippen molar-refractivity contribution in [3.05, 3.63) is 45.5 Å². The Balaban J connectivity index is 0. The van der Waals surface area contributed by atoms with Gasteiger partial charge in [-0.2, -0.15) is 0 Å². The summed E-state index contributed by atoms with van der Waals surface area (Å²) >= 11 is 0. The number of hydrogen-bond donors (Lipinski definition) is 0. The molecule has 0 saturated heterocycles. The fourth-order valence-corrected chi connectivity index (χ4v) is 2.70. The molecule has 15 heteroatoms. The van der Waals surface area contributed by atoms with Gasteiger partial charge in [0.25, 0.3) is 0 Å². The van der Waals surface area contributed by atoms with Gasteiger partial charge >= 0.3 is 113 Å². The third-order valence-corrected chi connectivity index (χ3v) is 3.69. The molecule has 0 bridgehead atoms. The number of rotatable bonds is 6. The van der Waals surface area contributed by atoms with Crippen LogP contribution in [0.15, 0.2) is 12.1 Å². The molecule has 0 saturated carbocycles. The Labute approximate surface area is 260 Å². The van der Waals surface area contributed by atoms with E-state index in [9.17, 15) is 59.4 Å². The van der Waals surface area contributed by atoms with Gasteiger partial charge in [-0.25, -0.2) is 0 Å². The topological polar surface area (TPSA) is 241 Å². The summed E-state index contributed by atoms with van der Waals surface area (Å²) in [6, 6.07) is 0.200. The van der Waals surface area contributed by atoms with Crippen molar-refractivity contribution in [2.24, 2.45) is 0 Å². The predicted octanol–water partition coefficient (Wildman–Crippen LogP) is -8.12. The van der Waals surface area contributed by atoms with Crippen LogP contribution in [0, 0.1) is 0 Å². The first-order valence-corrected chi connectivity index (χ1v) is 6.85. The number of benzene rings is 2. The van der Waals surface area contributed by atoms with Crippen molar-refractivity contribution in [1.29, 1.82) is 0 Å². The summed E-state index contributed by atoms with van der Waals surface area (Å²) in [6.07, 6.45) is 0. The Morgan fingerprint density at radius 1 is 0.419 bits per heavy atom. The maximum absolute atomic E-state index is 11.4. The SMILES string of the molecule is O=C([O-])c1cc(C(=O)[O-])c2c(C(=O)[O-])c(C(=O)[O-])cc(C(=O)[O-])c2c1C(=O)[O-].[Ca+2].[Ca+2].[Ca+2].